The van der Waals surface area contributed by atoms with Gasteiger partial charge in [0.05, 0.1) is 7.11 Å². The highest BCUT2D eigenvalue weighted by molar-refractivity contribution is 5.44. The van der Waals surface area contributed by atoms with Crippen LogP contribution in [0.2, 0.25) is 0 Å². The van der Waals surface area contributed by atoms with E-state index in [1.54, 1.807) is 7.11 Å². The third-order valence-electron chi connectivity index (χ3n) is 3.39. The molecule has 6 heteroatoms. The molecule has 0 bridgehead atoms. The van der Waals surface area contributed by atoms with E-state index in [-0.39, 0.29) is 0 Å². The van der Waals surface area contributed by atoms with Crippen LogP contribution in [-0.4, -0.2) is 40.4 Å². The van der Waals surface area contributed by atoms with E-state index in [0.29, 0.717) is 5.92 Å². The standard InChI is InChI=1S/C13H17N5O/c1-19-12-5-3-2-4-11(12)18-16-13(15-17-18)8-10-6-7-14-9-10/h2-5,10,14H,6-9H2,1H3. The number of nitrogens with one attached hydrogen (secondary N) is 1. The van der Waals surface area contributed by atoms with Gasteiger partial charge in [-0.05, 0) is 42.8 Å². The van der Waals surface area contributed by atoms with Crippen LogP contribution in [0.3, 0.4) is 0 Å². The molecule has 1 atom stereocenters. The Morgan fingerprint density at radius 3 is 3.11 bits per heavy atom. The number of benzene rings is 1. The first-order chi connectivity index (χ1) is 9.36. The van der Waals surface area contributed by atoms with E-state index in [0.717, 1.165) is 36.8 Å². The van der Waals surface area contributed by atoms with E-state index < -0.39 is 0 Å². The van der Waals surface area contributed by atoms with Crippen molar-refractivity contribution in [3.63, 3.8) is 0 Å². The number of ether oxygens (including phenoxy) is 1. The number of nitrogens with zero attached hydrogens (tertiary/aromatic N) is 4. The van der Waals surface area contributed by atoms with E-state index in [1.165, 1.54) is 11.2 Å². The van der Waals surface area contributed by atoms with Crippen molar-refractivity contribution in [2.45, 2.75) is 12.8 Å². The molecule has 6 nitrogen and oxygen atoms in total. The molecule has 0 spiro atoms. The number of hydrogen-bond donors (Lipinski definition) is 1. The average Bonchev–Trinajstić information content (AvgIpc) is 3.11. The number of hydrogen-bond acceptors (Lipinski definition) is 5. The summed E-state index contributed by atoms with van der Waals surface area (Å²) >= 11 is 0. The van der Waals surface area contributed by atoms with Gasteiger partial charge in [-0.15, -0.1) is 15.0 Å². The van der Waals surface area contributed by atoms with E-state index in [4.69, 9.17) is 4.74 Å². The molecule has 2 heterocycles. The third kappa shape index (κ3) is 2.58. The first-order valence-corrected chi connectivity index (χ1v) is 6.50. The van der Waals surface area contributed by atoms with Crippen LogP contribution in [0.25, 0.3) is 5.69 Å². The molecule has 1 aliphatic heterocycles. The van der Waals surface area contributed by atoms with Gasteiger partial charge in [-0.2, -0.15) is 0 Å². The van der Waals surface area contributed by atoms with Gasteiger partial charge < -0.3 is 10.1 Å². The van der Waals surface area contributed by atoms with E-state index in [2.05, 4.69) is 20.7 Å². The highest BCUT2D eigenvalue weighted by Crippen LogP contribution is 2.20. The normalized spacial score (nSPS) is 18.7. The fourth-order valence-electron chi connectivity index (χ4n) is 2.37. The molecule has 0 aliphatic carbocycles. The summed E-state index contributed by atoms with van der Waals surface area (Å²) in [6, 6.07) is 7.66. The van der Waals surface area contributed by atoms with Crippen LogP contribution in [0.1, 0.15) is 12.2 Å². The van der Waals surface area contributed by atoms with Gasteiger partial charge in [0.15, 0.2) is 5.82 Å². The molecule has 2 aromatic rings. The minimum absolute atomic E-state index is 0.621. The van der Waals surface area contributed by atoms with Gasteiger partial charge in [0.25, 0.3) is 0 Å². The highest BCUT2D eigenvalue weighted by Gasteiger charge is 2.18. The molecule has 1 saturated heterocycles. The number of aromatic nitrogens is 4. The summed E-state index contributed by atoms with van der Waals surface area (Å²) in [5, 5.41) is 16.0. The first kappa shape index (κ1) is 12.1. The molecule has 1 aromatic heterocycles. The highest BCUT2D eigenvalue weighted by atomic mass is 16.5. The van der Waals surface area contributed by atoms with E-state index in [9.17, 15) is 0 Å². The molecule has 1 fully saturated rings. The maximum Gasteiger partial charge on any atom is 0.175 e. The van der Waals surface area contributed by atoms with E-state index in [1.807, 2.05) is 24.3 Å². The topological polar surface area (TPSA) is 64.9 Å². The van der Waals surface area contributed by atoms with Crippen molar-refractivity contribution < 1.29 is 4.74 Å². The Balaban J connectivity index is 1.80. The Morgan fingerprint density at radius 1 is 1.42 bits per heavy atom. The lowest BCUT2D eigenvalue weighted by atomic mass is 10.1. The first-order valence-electron chi connectivity index (χ1n) is 6.50. The van der Waals surface area contributed by atoms with Crippen molar-refractivity contribution in [2.24, 2.45) is 5.92 Å². The van der Waals surface area contributed by atoms with Crippen molar-refractivity contribution in [1.82, 2.24) is 25.5 Å². The predicted molar refractivity (Wildman–Crippen MR) is 70.4 cm³/mol. The van der Waals surface area contributed by atoms with Gasteiger partial charge in [0.2, 0.25) is 0 Å². The fraction of sp³-hybridized carbons (Fsp3) is 0.462. The zero-order valence-electron chi connectivity index (χ0n) is 10.9. The average molecular weight is 259 g/mol. The lowest BCUT2D eigenvalue weighted by Crippen LogP contribution is -2.11. The minimum atomic E-state index is 0.621. The van der Waals surface area contributed by atoms with Crippen LogP contribution in [0.4, 0.5) is 0 Å². The van der Waals surface area contributed by atoms with Crippen molar-refractivity contribution in [3.05, 3.63) is 30.1 Å². The van der Waals surface area contributed by atoms with Gasteiger partial charge in [-0.25, -0.2) is 0 Å². The summed E-state index contributed by atoms with van der Waals surface area (Å²) in [4.78, 5) is 1.54. The quantitative estimate of drug-likeness (QED) is 0.880. The largest absolute Gasteiger partial charge is 0.494 e. The summed E-state index contributed by atoms with van der Waals surface area (Å²) in [7, 11) is 1.64. The third-order valence-corrected chi connectivity index (χ3v) is 3.39. The van der Waals surface area contributed by atoms with Crippen LogP contribution in [-0.2, 0) is 6.42 Å². The molecule has 1 aromatic carbocycles. The molecular formula is C13H17N5O. The summed E-state index contributed by atoms with van der Waals surface area (Å²) in [5.74, 6) is 2.16. The summed E-state index contributed by atoms with van der Waals surface area (Å²) in [6.45, 7) is 2.13. The molecule has 1 unspecified atom stereocenters. The predicted octanol–water partition coefficient (Wildman–Crippen LogP) is 0.823. The van der Waals surface area contributed by atoms with Gasteiger partial charge >= 0.3 is 0 Å². The van der Waals surface area contributed by atoms with Gasteiger partial charge in [0.1, 0.15) is 11.4 Å². The molecule has 1 N–H and O–H groups in total. The number of methoxy groups -OCH3 is 1. The Morgan fingerprint density at radius 2 is 2.32 bits per heavy atom. The number of para-hydroxylation sites is 2. The monoisotopic (exact) mass is 259 g/mol. The fourth-order valence-corrected chi connectivity index (χ4v) is 2.37. The smallest absolute Gasteiger partial charge is 0.175 e. The maximum absolute atomic E-state index is 5.30. The Kier molecular flexibility index (Phi) is 3.41. The maximum atomic E-state index is 5.30. The second kappa shape index (κ2) is 5.36. The molecule has 0 saturated carbocycles. The van der Waals surface area contributed by atoms with Gasteiger partial charge in [-0.3, -0.25) is 0 Å². The van der Waals surface area contributed by atoms with Crippen molar-refractivity contribution >= 4 is 0 Å². The van der Waals surface area contributed by atoms with Crippen molar-refractivity contribution in [1.29, 1.82) is 0 Å². The number of rotatable bonds is 4. The Hall–Kier alpha value is -1.95. The molecule has 19 heavy (non-hydrogen) atoms. The molecule has 0 amide bonds. The van der Waals surface area contributed by atoms with Crippen LogP contribution in [0, 0.1) is 5.92 Å². The summed E-state index contributed by atoms with van der Waals surface area (Å²) in [5.41, 5.74) is 0.813. The summed E-state index contributed by atoms with van der Waals surface area (Å²) in [6.07, 6.45) is 2.06. The molecular weight excluding hydrogens is 242 g/mol. The van der Waals surface area contributed by atoms with Crippen molar-refractivity contribution in [2.75, 3.05) is 20.2 Å². The van der Waals surface area contributed by atoms with Gasteiger partial charge in [0, 0.05) is 6.42 Å². The van der Waals surface area contributed by atoms with Crippen LogP contribution in [0.5, 0.6) is 5.75 Å². The lowest BCUT2D eigenvalue weighted by molar-refractivity contribution is 0.409. The minimum Gasteiger partial charge on any atom is -0.494 e. The van der Waals surface area contributed by atoms with Crippen LogP contribution < -0.4 is 10.1 Å². The second-order valence-electron chi connectivity index (χ2n) is 4.73. The van der Waals surface area contributed by atoms with Gasteiger partial charge in [-0.1, -0.05) is 12.1 Å². The molecule has 100 valence electrons. The molecule has 1 aliphatic rings. The number of tetrazole rings is 1. The van der Waals surface area contributed by atoms with Crippen molar-refractivity contribution in [3.8, 4) is 11.4 Å². The molecule has 0 radical (unpaired) electrons. The second-order valence-corrected chi connectivity index (χ2v) is 4.73. The summed E-state index contributed by atoms with van der Waals surface area (Å²) < 4.78 is 5.30. The molecule has 3 rings (SSSR count). The zero-order chi connectivity index (χ0) is 13.1. The van der Waals surface area contributed by atoms with Crippen LogP contribution >= 0.6 is 0 Å². The van der Waals surface area contributed by atoms with E-state index >= 15 is 0 Å². The SMILES string of the molecule is COc1ccccc1-n1nnc(CC2CCNC2)n1. The Labute approximate surface area is 111 Å². The zero-order valence-corrected chi connectivity index (χ0v) is 10.9. The van der Waals surface area contributed by atoms with Crippen LogP contribution in [0.15, 0.2) is 24.3 Å². The Bertz CT molecular complexity index is 547. The lowest BCUT2D eigenvalue weighted by Gasteiger charge is -2.05.